The van der Waals surface area contributed by atoms with Crippen LogP contribution in [0.1, 0.15) is 46.0 Å². The Hall–Kier alpha value is -1.63. The van der Waals surface area contributed by atoms with Gasteiger partial charge in [-0.1, -0.05) is 0 Å². The van der Waals surface area contributed by atoms with Gasteiger partial charge in [0.25, 0.3) is 0 Å². The van der Waals surface area contributed by atoms with Gasteiger partial charge in [-0.2, -0.15) is 0 Å². The van der Waals surface area contributed by atoms with E-state index in [2.05, 4.69) is 5.32 Å². The molecule has 3 atom stereocenters. The van der Waals surface area contributed by atoms with Crippen LogP contribution >= 0.6 is 0 Å². The summed E-state index contributed by atoms with van der Waals surface area (Å²) in [6.07, 6.45) is 4.99. The average molecular weight is 349 g/mol. The van der Waals surface area contributed by atoms with Gasteiger partial charge in [0, 0.05) is 19.5 Å². The summed E-state index contributed by atoms with van der Waals surface area (Å²) >= 11 is 0. The van der Waals surface area contributed by atoms with E-state index < -0.39 is 6.03 Å². The quantitative estimate of drug-likeness (QED) is 0.810. The van der Waals surface area contributed by atoms with Crippen molar-refractivity contribution in [1.82, 2.24) is 15.1 Å². The Bertz CT molecular complexity index is 619. The molecule has 2 aliphatic carbocycles. The molecule has 2 saturated heterocycles. The number of fused-ring (bicyclic) bond motifs is 3. The molecular weight excluding hydrogens is 322 g/mol. The maximum atomic E-state index is 12.9. The van der Waals surface area contributed by atoms with Crippen molar-refractivity contribution in [3.63, 3.8) is 0 Å². The molecule has 2 bridgehead atoms. The molecule has 1 spiro atoms. The van der Waals surface area contributed by atoms with Crippen molar-refractivity contribution in [2.45, 2.75) is 57.2 Å². The first-order chi connectivity index (χ1) is 11.8. The van der Waals surface area contributed by atoms with E-state index in [-0.39, 0.29) is 36.0 Å². The van der Waals surface area contributed by atoms with E-state index in [0.29, 0.717) is 25.6 Å². The van der Waals surface area contributed by atoms with Gasteiger partial charge in [0.05, 0.1) is 17.7 Å². The summed E-state index contributed by atoms with van der Waals surface area (Å²) in [6.45, 7) is 5.60. The summed E-state index contributed by atoms with van der Waals surface area (Å²) in [7, 11) is 0. The second-order valence-corrected chi connectivity index (χ2v) is 8.78. The predicted molar refractivity (Wildman–Crippen MR) is 89.7 cm³/mol. The number of hydrogen-bond acceptors (Lipinski definition) is 4. The van der Waals surface area contributed by atoms with Gasteiger partial charge in [-0.05, 0) is 51.4 Å². The number of rotatable bonds is 2. The van der Waals surface area contributed by atoms with Crippen LogP contribution in [-0.4, -0.2) is 65.0 Å². The smallest absolute Gasteiger partial charge is 0.324 e. The lowest BCUT2D eigenvalue weighted by Gasteiger charge is -2.52. The van der Waals surface area contributed by atoms with Crippen LogP contribution in [0.2, 0.25) is 0 Å². The third kappa shape index (κ3) is 3.03. The van der Waals surface area contributed by atoms with Gasteiger partial charge in [0.1, 0.15) is 6.54 Å². The highest BCUT2D eigenvalue weighted by atomic mass is 16.5. The monoisotopic (exact) mass is 349 g/mol. The molecule has 4 fully saturated rings. The zero-order valence-electron chi connectivity index (χ0n) is 15.0. The molecule has 0 aromatic heterocycles. The zero-order valence-corrected chi connectivity index (χ0v) is 15.0. The number of imide groups is 1. The Morgan fingerprint density at radius 1 is 1.28 bits per heavy atom. The molecule has 138 valence electrons. The van der Waals surface area contributed by atoms with Crippen LogP contribution in [0.5, 0.6) is 0 Å². The number of carbonyl (C=O) groups excluding carboxylic acids is 3. The molecule has 0 aromatic rings. The van der Waals surface area contributed by atoms with E-state index in [9.17, 15) is 14.4 Å². The minimum atomic E-state index is -0.466. The zero-order chi connectivity index (χ0) is 17.8. The largest absolute Gasteiger partial charge is 0.365 e. The van der Waals surface area contributed by atoms with Crippen molar-refractivity contribution in [3.05, 3.63) is 0 Å². The normalized spacial score (nSPS) is 36.9. The molecule has 4 rings (SSSR count). The van der Waals surface area contributed by atoms with E-state index in [1.165, 1.54) is 24.2 Å². The van der Waals surface area contributed by atoms with Gasteiger partial charge in [0.2, 0.25) is 11.8 Å². The van der Waals surface area contributed by atoms with E-state index in [4.69, 9.17) is 4.74 Å². The highest BCUT2D eigenvalue weighted by molar-refractivity contribution is 5.98. The molecule has 2 saturated carbocycles. The SMILES string of the molecule is CC1(C)CN(C(=O)CN2CCC(=O)NC2=O)C[C@]2(C[C@@H]3CC[C@H]2C3)O1. The van der Waals surface area contributed by atoms with E-state index >= 15 is 0 Å². The summed E-state index contributed by atoms with van der Waals surface area (Å²) in [5, 5.41) is 2.28. The van der Waals surface area contributed by atoms with Gasteiger partial charge in [-0.3, -0.25) is 14.9 Å². The highest BCUT2D eigenvalue weighted by Gasteiger charge is 2.57. The van der Waals surface area contributed by atoms with Crippen LogP contribution in [0.3, 0.4) is 0 Å². The molecule has 2 heterocycles. The molecule has 0 radical (unpaired) electrons. The number of nitrogens with zero attached hydrogens (tertiary/aromatic N) is 2. The molecule has 7 nitrogen and oxygen atoms in total. The molecule has 0 aromatic carbocycles. The van der Waals surface area contributed by atoms with Crippen molar-refractivity contribution in [1.29, 1.82) is 0 Å². The van der Waals surface area contributed by atoms with Crippen molar-refractivity contribution in [2.24, 2.45) is 11.8 Å². The Morgan fingerprint density at radius 3 is 2.72 bits per heavy atom. The van der Waals surface area contributed by atoms with Gasteiger partial charge < -0.3 is 14.5 Å². The van der Waals surface area contributed by atoms with Gasteiger partial charge in [-0.15, -0.1) is 0 Å². The second kappa shape index (κ2) is 5.69. The third-order valence-electron chi connectivity index (χ3n) is 6.25. The number of urea groups is 1. The summed E-state index contributed by atoms with van der Waals surface area (Å²) in [5.74, 6) is 0.947. The number of nitrogens with one attached hydrogen (secondary N) is 1. The maximum Gasteiger partial charge on any atom is 0.324 e. The highest BCUT2D eigenvalue weighted by Crippen LogP contribution is 2.55. The first-order valence-electron chi connectivity index (χ1n) is 9.33. The topological polar surface area (TPSA) is 79.0 Å². The number of hydrogen-bond donors (Lipinski definition) is 1. The van der Waals surface area contributed by atoms with Gasteiger partial charge >= 0.3 is 6.03 Å². The van der Waals surface area contributed by atoms with Crippen LogP contribution in [0, 0.1) is 11.8 Å². The van der Waals surface area contributed by atoms with Crippen molar-refractivity contribution >= 4 is 17.8 Å². The van der Waals surface area contributed by atoms with Crippen LogP contribution in [0.15, 0.2) is 0 Å². The fourth-order valence-electron chi connectivity index (χ4n) is 5.35. The molecule has 2 aliphatic heterocycles. The maximum absolute atomic E-state index is 12.9. The summed E-state index contributed by atoms with van der Waals surface area (Å²) in [4.78, 5) is 39.4. The molecule has 4 amide bonds. The molecule has 4 aliphatic rings. The lowest BCUT2D eigenvalue weighted by molar-refractivity contribution is -0.217. The lowest BCUT2D eigenvalue weighted by Crippen LogP contribution is -2.64. The van der Waals surface area contributed by atoms with Crippen LogP contribution in [-0.2, 0) is 14.3 Å². The molecule has 7 heteroatoms. The standard InChI is InChI=1S/C18H27N3O4/c1-17(2)10-21(11-18(25-17)8-12-3-4-13(18)7-12)15(23)9-20-6-5-14(22)19-16(20)24/h12-13H,3-11H2,1-2H3,(H,19,22,24)/t12-,13+,18+/m1/s1. The van der Waals surface area contributed by atoms with Crippen molar-refractivity contribution in [2.75, 3.05) is 26.2 Å². The predicted octanol–water partition coefficient (Wildman–Crippen LogP) is 1.12. The molecule has 25 heavy (non-hydrogen) atoms. The van der Waals surface area contributed by atoms with E-state index in [1.807, 2.05) is 18.7 Å². The summed E-state index contributed by atoms with van der Waals surface area (Å²) < 4.78 is 6.53. The third-order valence-corrected chi connectivity index (χ3v) is 6.25. The summed E-state index contributed by atoms with van der Waals surface area (Å²) in [5.41, 5.74) is -0.584. The summed E-state index contributed by atoms with van der Waals surface area (Å²) in [6, 6.07) is -0.466. The second-order valence-electron chi connectivity index (χ2n) is 8.78. The van der Waals surface area contributed by atoms with E-state index in [0.717, 1.165) is 12.3 Å². The van der Waals surface area contributed by atoms with Crippen molar-refractivity contribution < 1.29 is 19.1 Å². The number of carbonyl (C=O) groups is 3. The lowest BCUT2D eigenvalue weighted by atomic mass is 9.81. The van der Waals surface area contributed by atoms with E-state index in [1.54, 1.807) is 0 Å². The first-order valence-corrected chi connectivity index (χ1v) is 9.33. The molecule has 1 N–H and O–H groups in total. The van der Waals surface area contributed by atoms with Gasteiger partial charge in [0.15, 0.2) is 0 Å². The minimum absolute atomic E-state index is 0.0272. The molecule has 0 unspecified atom stereocenters. The molecular formula is C18H27N3O4. The Labute approximate surface area is 148 Å². The fraction of sp³-hybridized carbons (Fsp3) is 0.833. The first kappa shape index (κ1) is 16.8. The number of morpholine rings is 1. The number of ether oxygens (including phenoxy) is 1. The Balaban J connectivity index is 1.46. The van der Waals surface area contributed by atoms with Crippen LogP contribution in [0.25, 0.3) is 0 Å². The fourth-order valence-corrected chi connectivity index (χ4v) is 5.35. The van der Waals surface area contributed by atoms with Crippen LogP contribution in [0.4, 0.5) is 4.79 Å². The number of amides is 4. The van der Waals surface area contributed by atoms with Crippen molar-refractivity contribution in [3.8, 4) is 0 Å². The Morgan fingerprint density at radius 2 is 2.08 bits per heavy atom. The van der Waals surface area contributed by atoms with Crippen LogP contribution < -0.4 is 5.32 Å². The minimum Gasteiger partial charge on any atom is -0.365 e. The van der Waals surface area contributed by atoms with Gasteiger partial charge in [-0.25, -0.2) is 4.79 Å². The Kier molecular flexibility index (Phi) is 3.83. The average Bonchev–Trinajstić information content (AvgIpc) is 3.08.